The van der Waals surface area contributed by atoms with Gasteiger partial charge in [-0.2, -0.15) is 0 Å². The van der Waals surface area contributed by atoms with Crippen molar-refractivity contribution >= 4 is 22.5 Å². The molecule has 0 aliphatic rings. The molecule has 140 valence electrons. The van der Waals surface area contributed by atoms with Gasteiger partial charge in [-0.05, 0) is 30.7 Å². The second kappa shape index (κ2) is 7.87. The molecule has 2 aromatic heterocycles. The number of aromatic nitrogens is 4. The van der Waals surface area contributed by atoms with E-state index in [1.54, 1.807) is 18.6 Å². The largest absolute Gasteiger partial charge is 0.324 e. The number of hydrogen-bond donors (Lipinski definition) is 2. The summed E-state index contributed by atoms with van der Waals surface area (Å²) in [5, 5.41) is 3.52. The summed E-state index contributed by atoms with van der Waals surface area (Å²) in [6.45, 7) is 0. The Morgan fingerprint density at radius 2 is 1.93 bits per heavy atom. The van der Waals surface area contributed by atoms with Crippen LogP contribution >= 0.6 is 0 Å². The number of rotatable bonds is 6. The Kier molecular flexibility index (Phi) is 4.97. The molecule has 0 saturated heterocycles. The second-order valence-corrected chi connectivity index (χ2v) is 6.42. The van der Waals surface area contributed by atoms with Crippen LogP contribution in [0.5, 0.6) is 0 Å². The number of carbonyl (C=O) groups is 1. The van der Waals surface area contributed by atoms with E-state index in [1.165, 1.54) is 0 Å². The third-order valence-electron chi connectivity index (χ3n) is 4.44. The monoisotopic (exact) mass is 373 g/mol. The number of para-hydroxylation sites is 3. The summed E-state index contributed by atoms with van der Waals surface area (Å²) in [5.74, 6) is 0.506. The Hall–Kier alpha value is -3.74. The minimum absolute atomic E-state index is 0.0873. The van der Waals surface area contributed by atoms with Crippen molar-refractivity contribution in [3.63, 3.8) is 0 Å². The zero-order valence-corrected chi connectivity index (χ0v) is 15.1. The third-order valence-corrected chi connectivity index (χ3v) is 4.44. The fourth-order valence-electron chi connectivity index (χ4n) is 3.09. The summed E-state index contributed by atoms with van der Waals surface area (Å²) in [5.41, 5.74) is 2.09. The number of fused-ring (bicyclic) bond motifs is 1. The van der Waals surface area contributed by atoms with Crippen LogP contribution in [-0.4, -0.2) is 25.4 Å². The lowest BCUT2D eigenvalue weighted by atomic mass is 10.2. The molecule has 0 aliphatic heterocycles. The number of hydrogen-bond acceptors (Lipinski definition) is 4. The standard InChI is InChI=1S/C21H19N5O2/c27-20(24-17-8-3-4-9-18(17)26-13-12-22-14-26)11-5-10-19-23-16-7-2-1-6-15(16)21(28)25-19/h1-4,6-9,12-14H,5,10-11H2,(H,24,27)(H,23,25,28). The number of carbonyl (C=O) groups excluding carboxylic acids is 1. The molecule has 1 amide bonds. The molecule has 0 spiro atoms. The Labute approximate surface area is 161 Å². The summed E-state index contributed by atoms with van der Waals surface area (Å²) in [4.78, 5) is 35.8. The average molecular weight is 373 g/mol. The Balaban J connectivity index is 1.39. The topological polar surface area (TPSA) is 92.7 Å². The minimum Gasteiger partial charge on any atom is -0.324 e. The number of nitrogens with one attached hydrogen (secondary N) is 2. The van der Waals surface area contributed by atoms with Gasteiger partial charge in [-0.15, -0.1) is 0 Å². The third kappa shape index (κ3) is 3.83. The van der Waals surface area contributed by atoms with Crippen molar-refractivity contribution in [2.24, 2.45) is 0 Å². The number of aryl methyl sites for hydroxylation is 1. The molecule has 0 fully saturated rings. The maximum absolute atomic E-state index is 12.4. The fourth-order valence-corrected chi connectivity index (χ4v) is 3.09. The summed E-state index contributed by atoms with van der Waals surface area (Å²) in [7, 11) is 0. The molecule has 7 heteroatoms. The van der Waals surface area contributed by atoms with Gasteiger partial charge in [0.15, 0.2) is 0 Å². The van der Waals surface area contributed by atoms with Gasteiger partial charge in [0.05, 0.1) is 28.6 Å². The van der Waals surface area contributed by atoms with Gasteiger partial charge in [0, 0.05) is 25.2 Å². The minimum atomic E-state index is -0.153. The first kappa shape index (κ1) is 17.7. The average Bonchev–Trinajstić information content (AvgIpc) is 3.23. The van der Waals surface area contributed by atoms with Gasteiger partial charge in [-0.1, -0.05) is 24.3 Å². The van der Waals surface area contributed by atoms with E-state index >= 15 is 0 Å². The molecule has 0 radical (unpaired) electrons. The number of aromatic amines is 1. The molecule has 4 rings (SSSR count). The summed E-state index contributed by atoms with van der Waals surface area (Å²) in [6, 6.07) is 14.8. The van der Waals surface area contributed by atoms with E-state index in [-0.39, 0.29) is 11.5 Å². The first-order valence-electron chi connectivity index (χ1n) is 9.06. The molecule has 0 atom stereocenters. The molecule has 0 aliphatic carbocycles. The van der Waals surface area contributed by atoms with E-state index < -0.39 is 0 Å². The van der Waals surface area contributed by atoms with Crippen molar-refractivity contribution in [1.29, 1.82) is 0 Å². The van der Waals surface area contributed by atoms with Crippen molar-refractivity contribution in [2.75, 3.05) is 5.32 Å². The van der Waals surface area contributed by atoms with Crippen molar-refractivity contribution < 1.29 is 4.79 Å². The summed E-state index contributed by atoms with van der Waals surface area (Å²) < 4.78 is 1.85. The van der Waals surface area contributed by atoms with Gasteiger partial charge in [-0.3, -0.25) is 9.59 Å². The maximum atomic E-state index is 12.4. The number of benzene rings is 2. The van der Waals surface area contributed by atoms with Crippen LogP contribution in [0, 0.1) is 0 Å². The first-order chi connectivity index (χ1) is 13.7. The highest BCUT2D eigenvalue weighted by atomic mass is 16.1. The zero-order chi connectivity index (χ0) is 19.3. The molecular weight excluding hydrogens is 354 g/mol. The number of anilines is 1. The van der Waals surface area contributed by atoms with Crippen LogP contribution in [0.25, 0.3) is 16.6 Å². The van der Waals surface area contributed by atoms with E-state index in [1.807, 2.05) is 53.2 Å². The van der Waals surface area contributed by atoms with Crippen molar-refractivity contribution in [1.82, 2.24) is 19.5 Å². The van der Waals surface area contributed by atoms with Crippen molar-refractivity contribution in [2.45, 2.75) is 19.3 Å². The van der Waals surface area contributed by atoms with E-state index in [0.717, 1.165) is 11.4 Å². The fraction of sp³-hybridized carbons (Fsp3) is 0.143. The molecular formula is C21H19N5O2. The van der Waals surface area contributed by atoms with E-state index in [2.05, 4.69) is 20.3 Å². The Morgan fingerprint density at radius 1 is 1.11 bits per heavy atom. The van der Waals surface area contributed by atoms with Crippen LogP contribution in [-0.2, 0) is 11.2 Å². The molecule has 28 heavy (non-hydrogen) atoms. The molecule has 0 saturated carbocycles. The quantitative estimate of drug-likeness (QED) is 0.543. The number of nitrogens with zero attached hydrogens (tertiary/aromatic N) is 3. The van der Waals surface area contributed by atoms with Crippen LogP contribution in [0.4, 0.5) is 5.69 Å². The predicted molar refractivity (Wildman–Crippen MR) is 107 cm³/mol. The van der Waals surface area contributed by atoms with Crippen molar-refractivity contribution in [3.8, 4) is 5.69 Å². The van der Waals surface area contributed by atoms with E-state index in [4.69, 9.17) is 0 Å². The van der Waals surface area contributed by atoms with E-state index in [9.17, 15) is 9.59 Å². The van der Waals surface area contributed by atoms with Gasteiger partial charge in [0.25, 0.3) is 5.56 Å². The van der Waals surface area contributed by atoms with Gasteiger partial charge in [-0.25, -0.2) is 9.97 Å². The molecule has 2 heterocycles. The van der Waals surface area contributed by atoms with Gasteiger partial charge in [0.2, 0.25) is 5.91 Å². The molecule has 7 nitrogen and oxygen atoms in total. The van der Waals surface area contributed by atoms with Gasteiger partial charge in [0.1, 0.15) is 5.82 Å². The van der Waals surface area contributed by atoms with Crippen LogP contribution < -0.4 is 10.9 Å². The highest BCUT2D eigenvalue weighted by Gasteiger charge is 2.09. The lowest BCUT2D eigenvalue weighted by Gasteiger charge is -2.11. The van der Waals surface area contributed by atoms with Crippen molar-refractivity contribution in [3.05, 3.63) is 83.4 Å². The second-order valence-electron chi connectivity index (χ2n) is 6.42. The number of amides is 1. The molecule has 0 unspecified atom stereocenters. The van der Waals surface area contributed by atoms with Crippen LogP contribution in [0.15, 0.2) is 72.0 Å². The Morgan fingerprint density at radius 3 is 2.79 bits per heavy atom. The smallest absolute Gasteiger partial charge is 0.258 e. The van der Waals surface area contributed by atoms with Crippen LogP contribution in [0.3, 0.4) is 0 Å². The highest BCUT2D eigenvalue weighted by Crippen LogP contribution is 2.20. The van der Waals surface area contributed by atoms with Gasteiger partial charge < -0.3 is 14.9 Å². The SMILES string of the molecule is O=C(CCCc1nc2ccccc2c(=O)[nH]1)Nc1ccccc1-n1ccnc1. The molecule has 2 aromatic carbocycles. The van der Waals surface area contributed by atoms with Crippen LogP contribution in [0.1, 0.15) is 18.7 Å². The Bertz CT molecular complexity index is 1160. The van der Waals surface area contributed by atoms with Crippen LogP contribution in [0.2, 0.25) is 0 Å². The maximum Gasteiger partial charge on any atom is 0.258 e. The lowest BCUT2D eigenvalue weighted by molar-refractivity contribution is -0.116. The molecule has 4 aromatic rings. The predicted octanol–water partition coefficient (Wildman–Crippen LogP) is 3.07. The molecule has 2 N–H and O–H groups in total. The normalized spacial score (nSPS) is 10.9. The van der Waals surface area contributed by atoms with E-state index in [0.29, 0.717) is 36.0 Å². The zero-order valence-electron chi connectivity index (χ0n) is 15.1. The number of imidazole rings is 1. The summed E-state index contributed by atoms with van der Waals surface area (Å²) >= 11 is 0. The molecule has 0 bridgehead atoms. The first-order valence-corrected chi connectivity index (χ1v) is 9.06. The van der Waals surface area contributed by atoms with Gasteiger partial charge >= 0.3 is 0 Å². The lowest BCUT2D eigenvalue weighted by Crippen LogP contribution is -2.15. The summed E-state index contributed by atoms with van der Waals surface area (Å²) in [6.07, 6.45) is 6.64. The highest BCUT2D eigenvalue weighted by molar-refractivity contribution is 5.92. The number of H-pyrrole nitrogens is 1.